The Hall–Kier alpha value is -1.82. The quantitative estimate of drug-likeness (QED) is 0.815. The second-order valence-electron chi connectivity index (χ2n) is 4.72. The van der Waals surface area contributed by atoms with Gasteiger partial charge in [-0.05, 0) is 6.42 Å². The van der Waals surface area contributed by atoms with Gasteiger partial charge < -0.3 is 19.3 Å². The van der Waals surface area contributed by atoms with Gasteiger partial charge in [-0.25, -0.2) is 9.78 Å². The molecule has 6 heteroatoms. The SMILES string of the molecule is C=CCOC(=O)N1C[C@H](O)C[C@H]1Cc1nccn1C. The molecule has 1 aromatic heterocycles. The first-order valence-corrected chi connectivity index (χ1v) is 6.30. The maximum absolute atomic E-state index is 11.9. The zero-order valence-corrected chi connectivity index (χ0v) is 11.0. The highest BCUT2D eigenvalue weighted by Gasteiger charge is 2.35. The number of likely N-dealkylation sites (tertiary alicyclic amines) is 1. The third-order valence-electron chi connectivity index (χ3n) is 3.29. The van der Waals surface area contributed by atoms with Crippen molar-refractivity contribution in [2.75, 3.05) is 13.2 Å². The number of hydrogen-bond acceptors (Lipinski definition) is 4. The van der Waals surface area contributed by atoms with Crippen LogP contribution in [0.3, 0.4) is 0 Å². The Morgan fingerprint density at radius 2 is 2.53 bits per heavy atom. The van der Waals surface area contributed by atoms with Crippen molar-refractivity contribution in [3.8, 4) is 0 Å². The van der Waals surface area contributed by atoms with Crippen molar-refractivity contribution in [3.63, 3.8) is 0 Å². The van der Waals surface area contributed by atoms with E-state index in [2.05, 4.69) is 11.6 Å². The van der Waals surface area contributed by atoms with Crippen molar-refractivity contribution in [1.29, 1.82) is 0 Å². The largest absolute Gasteiger partial charge is 0.445 e. The number of ether oxygens (including phenoxy) is 1. The minimum Gasteiger partial charge on any atom is -0.445 e. The number of hydrogen-bond donors (Lipinski definition) is 1. The van der Waals surface area contributed by atoms with Crippen molar-refractivity contribution in [3.05, 3.63) is 30.9 Å². The third-order valence-corrected chi connectivity index (χ3v) is 3.29. The Kier molecular flexibility index (Phi) is 4.21. The molecule has 0 unspecified atom stereocenters. The van der Waals surface area contributed by atoms with E-state index in [0.717, 1.165) is 5.82 Å². The first-order valence-electron chi connectivity index (χ1n) is 6.30. The molecular formula is C13H19N3O3. The lowest BCUT2D eigenvalue weighted by molar-refractivity contribution is 0.102. The standard InChI is InChI=1S/C13H19N3O3/c1-3-6-19-13(18)16-9-11(17)7-10(16)8-12-14-4-5-15(12)2/h3-5,10-11,17H,1,6-9H2,2H3/t10-,11+/m0/s1. The van der Waals surface area contributed by atoms with Gasteiger partial charge in [-0.2, -0.15) is 0 Å². The van der Waals surface area contributed by atoms with E-state index in [9.17, 15) is 9.90 Å². The highest BCUT2D eigenvalue weighted by molar-refractivity contribution is 5.68. The van der Waals surface area contributed by atoms with Crippen LogP contribution in [-0.4, -0.2) is 50.9 Å². The molecule has 0 aromatic carbocycles. The number of aromatic nitrogens is 2. The molecule has 1 saturated heterocycles. The first kappa shape index (κ1) is 13.6. The number of imidazole rings is 1. The summed E-state index contributed by atoms with van der Waals surface area (Å²) in [6, 6.07) is -0.0755. The number of rotatable bonds is 4. The summed E-state index contributed by atoms with van der Waals surface area (Å²) in [4.78, 5) is 17.7. The molecule has 2 atom stereocenters. The van der Waals surface area contributed by atoms with E-state index in [4.69, 9.17) is 4.74 Å². The summed E-state index contributed by atoms with van der Waals surface area (Å²) < 4.78 is 6.95. The topological polar surface area (TPSA) is 67.6 Å². The van der Waals surface area contributed by atoms with Crippen LogP contribution in [0.15, 0.2) is 25.0 Å². The van der Waals surface area contributed by atoms with Gasteiger partial charge in [0.25, 0.3) is 0 Å². The molecule has 1 aromatic rings. The molecule has 2 heterocycles. The number of aliphatic hydroxyl groups excluding tert-OH is 1. The van der Waals surface area contributed by atoms with E-state index in [1.54, 1.807) is 11.1 Å². The molecule has 1 N–H and O–H groups in total. The van der Waals surface area contributed by atoms with Crippen LogP contribution in [0.25, 0.3) is 0 Å². The van der Waals surface area contributed by atoms with Gasteiger partial charge in [-0.15, -0.1) is 0 Å². The molecule has 1 aliphatic rings. The molecule has 0 spiro atoms. The Balaban J connectivity index is 2.03. The monoisotopic (exact) mass is 265 g/mol. The van der Waals surface area contributed by atoms with E-state index in [0.29, 0.717) is 19.4 Å². The maximum Gasteiger partial charge on any atom is 0.410 e. The Bertz CT molecular complexity index is 458. The van der Waals surface area contributed by atoms with Gasteiger partial charge in [0.2, 0.25) is 0 Å². The molecule has 1 aliphatic heterocycles. The molecular weight excluding hydrogens is 246 g/mol. The minimum atomic E-state index is -0.499. The van der Waals surface area contributed by atoms with E-state index in [-0.39, 0.29) is 12.6 Å². The van der Waals surface area contributed by atoms with Crippen molar-refractivity contribution < 1.29 is 14.6 Å². The molecule has 1 amide bonds. The third kappa shape index (κ3) is 3.14. The summed E-state index contributed by atoms with van der Waals surface area (Å²) in [7, 11) is 1.91. The Morgan fingerprint density at radius 1 is 1.74 bits per heavy atom. The van der Waals surface area contributed by atoms with Gasteiger partial charge in [-0.1, -0.05) is 12.7 Å². The number of aliphatic hydroxyl groups is 1. The summed E-state index contributed by atoms with van der Waals surface area (Å²) in [5.74, 6) is 0.889. The normalized spacial score (nSPS) is 22.5. The predicted octanol–water partition coefficient (Wildman–Crippen LogP) is 0.720. The average Bonchev–Trinajstić information content (AvgIpc) is 2.94. The van der Waals surface area contributed by atoms with Crippen molar-refractivity contribution in [2.24, 2.45) is 7.05 Å². The average molecular weight is 265 g/mol. The number of β-amino-alcohol motifs (C(OH)–C–C–N with tert-alkyl or cyclic N) is 1. The molecule has 0 bridgehead atoms. The van der Waals surface area contributed by atoms with E-state index < -0.39 is 12.2 Å². The molecule has 6 nitrogen and oxygen atoms in total. The summed E-state index contributed by atoms with van der Waals surface area (Å²) in [5, 5.41) is 9.75. The van der Waals surface area contributed by atoms with Crippen LogP contribution < -0.4 is 0 Å². The molecule has 19 heavy (non-hydrogen) atoms. The van der Waals surface area contributed by atoms with Gasteiger partial charge in [0.05, 0.1) is 12.6 Å². The summed E-state index contributed by atoms with van der Waals surface area (Å²) in [5.41, 5.74) is 0. The lowest BCUT2D eigenvalue weighted by Crippen LogP contribution is -2.38. The second kappa shape index (κ2) is 5.88. The van der Waals surface area contributed by atoms with E-state index in [1.165, 1.54) is 6.08 Å². The maximum atomic E-state index is 11.9. The lowest BCUT2D eigenvalue weighted by Gasteiger charge is -2.23. The smallest absolute Gasteiger partial charge is 0.410 e. The van der Waals surface area contributed by atoms with Crippen LogP contribution in [0.4, 0.5) is 4.79 Å². The van der Waals surface area contributed by atoms with E-state index >= 15 is 0 Å². The van der Waals surface area contributed by atoms with Crippen molar-refractivity contribution in [2.45, 2.75) is 25.0 Å². The van der Waals surface area contributed by atoms with Crippen LogP contribution in [0.5, 0.6) is 0 Å². The zero-order valence-electron chi connectivity index (χ0n) is 11.0. The molecule has 0 aliphatic carbocycles. The molecule has 1 fully saturated rings. The van der Waals surface area contributed by atoms with Crippen LogP contribution in [-0.2, 0) is 18.2 Å². The van der Waals surface area contributed by atoms with Crippen molar-refractivity contribution in [1.82, 2.24) is 14.5 Å². The first-order chi connectivity index (χ1) is 9.11. The van der Waals surface area contributed by atoms with Gasteiger partial charge in [0, 0.05) is 31.9 Å². The van der Waals surface area contributed by atoms with Gasteiger partial charge in [-0.3, -0.25) is 0 Å². The highest BCUT2D eigenvalue weighted by Crippen LogP contribution is 2.22. The summed E-state index contributed by atoms with van der Waals surface area (Å²) >= 11 is 0. The number of carbonyl (C=O) groups excluding carboxylic acids is 1. The van der Waals surface area contributed by atoms with Crippen LogP contribution in [0.1, 0.15) is 12.2 Å². The predicted molar refractivity (Wildman–Crippen MR) is 69.6 cm³/mol. The van der Waals surface area contributed by atoms with Crippen LogP contribution >= 0.6 is 0 Å². The number of carbonyl (C=O) groups is 1. The fourth-order valence-corrected chi connectivity index (χ4v) is 2.33. The number of nitrogens with zero attached hydrogens (tertiary/aromatic N) is 3. The highest BCUT2D eigenvalue weighted by atomic mass is 16.6. The number of amides is 1. The number of aryl methyl sites for hydroxylation is 1. The fraction of sp³-hybridized carbons (Fsp3) is 0.538. The Labute approximate surface area is 112 Å². The van der Waals surface area contributed by atoms with E-state index in [1.807, 2.05) is 17.8 Å². The van der Waals surface area contributed by atoms with Gasteiger partial charge >= 0.3 is 6.09 Å². The summed E-state index contributed by atoms with van der Waals surface area (Å²) in [6.07, 6.45) is 5.37. The van der Waals surface area contributed by atoms with Crippen molar-refractivity contribution >= 4 is 6.09 Å². The van der Waals surface area contributed by atoms with Gasteiger partial charge in [0.15, 0.2) is 0 Å². The molecule has 0 saturated carbocycles. The lowest BCUT2D eigenvalue weighted by atomic mass is 10.1. The Morgan fingerprint density at radius 3 is 3.16 bits per heavy atom. The molecule has 2 rings (SSSR count). The minimum absolute atomic E-state index is 0.0755. The second-order valence-corrected chi connectivity index (χ2v) is 4.72. The van der Waals surface area contributed by atoms with Crippen LogP contribution in [0.2, 0.25) is 0 Å². The fourth-order valence-electron chi connectivity index (χ4n) is 2.33. The zero-order chi connectivity index (χ0) is 13.8. The summed E-state index contributed by atoms with van der Waals surface area (Å²) in [6.45, 7) is 4.00. The molecule has 104 valence electrons. The van der Waals surface area contributed by atoms with Crippen LogP contribution in [0, 0.1) is 0 Å². The molecule has 0 radical (unpaired) electrons. The van der Waals surface area contributed by atoms with Gasteiger partial charge in [0.1, 0.15) is 12.4 Å².